The third kappa shape index (κ3) is 3.44. The zero-order chi connectivity index (χ0) is 13.0. The summed E-state index contributed by atoms with van der Waals surface area (Å²) in [6, 6.07) is 0.668. The summed E-state index contributed by atoms with van der Waals surface area (Å²) in [5, 5.41) is 13.0. The first-order valence-electron chi connectivity index (χ1n) is 7.24. The van der Waals surface area contributed by atoms with E-state index in [1.54, 1.807) is 0 Å². The summed E-state index contributed by atoms with van der Waals surface area (Å²) in [7, 11) is 0. The molecular formula is C14H27NO3. The Kier molecular flexibility index (Phi) is 5.01. The lowest BCUT2D eigenvalue weighted by molar-refractivity contribution is -0.141. The predicted molar refractivity (Wildman–Crippen MR) is 70.6 cm³/mol. The van der Waals surface area contributed by atoms with Crippen LogP contribution in [0.3, 0.4) is 0 Å². The van der Waals surface area contributed by atoms with E-state index in [1.165, 1.54) is 0 Å². The fraction of sp³-hybridized carbons (Fsp3) is 1.00. The molecule has 2 fully saturated rings. The van der Waals surface area contributed by atoms with Crippen LogP contribution in [0.2, 0.25) is 0 Å². The molecule has 2 saturated heterocycles. The molecule has 4 heteroatoms. The second kappa shape index (κ2) is 6.33. The number of hydrogen-bond acceptors (Lipinski definition) is 4. The Morgan fingerprint density at radius 1 is 1.28 bits per heavy atom. The van der Waals surface area contributed by atoms with E-state index in [1.807, 2.05) is 0 Å². The van der Waals surface area contributed by atoms with E-state index in [0.29, 0.717) is 12.0 Å². The minimum atomic E-state index is 0.0329. The highest BCUT2D eigenvalue weighted by atomic mass is 16.5. The van der Waals surface area contributed by atoms with Crippen molar-refractivity contribution in [2.45, 2.75) is 57.2 Å². The normalized spacial score (nSPS) is 29.7. The number of ether oxygens (including phenoxy) is 2. The minimum absolute atomic E-state index is 0.0329. The van der Waals surface area contributed by atoms with Gasteiger partial charge in [0.05, 0.1) is 12.2 Å². The fourth-order valence-corrected chi connectivity index (χ4v) is 3.02. The Hall–Kier alpha value is -0.160. The van der Waals surface area contributed by atoms with Crippen LogP contribution >= 0.6 is 0 Å². The summed E-state index contributed by atoms with van der Waals surface area (Å²) < 4.78 is 11.5. The van der Waals surface area contributed by atoms with Gasteiger partial charge in [-0.05, 0) is 31.6 Å². The number of aliphatic hydroxyl groups is 1. The van der Waals surface area contributed by atoms with Gasteiger partial charge in [-0.15, -0.1) is 0 Å². The van der Waals surface area contributed by atoms with Gasteiger partial charge in [-0.25, -0.2) is 0 Å². The van der Waals surface area contributed by atoms with Crippen LogP contribution in [0, 0.1) is 5.92 Å². The molecule has 18 heavy (non-hydrogen) atoms. The molecule has 2 heterocycles. The first kappa shape index (κ1) is 14.3. The molecule has 2 aliphatic rings. The lowest BCUT2D eigenvalue weighted by Gasteiger charge is -2.44. The van der Waals surface area contributed by atoms with Gasteiger partial charge in [0.25, 0.3) is 0 Å². The average molecular weight is 257 g/mol. The quantitative estimate of drug-likeness (QED) is 0.797. The van der Waals surface area contributed by atoms with E-state index in [-0.39, 0.29) is 18.2 Å². The highest BCUT2D eigenvalue weighted by Crippen LogP contribution is 2.34. The molecule has 0 aromatic carbocycles. The van der Waals surface area contributed by atoms with E-state index in [9.17, 15) is 5.11 Å². The van der Waals surface area contributed by atoms with E-state index < -0.39 is 0 Å². The Morgan fingerprint density at radius 2 is 2.00 bits per heavy atom. The van der Waals surface area contributed by atoms with Crippen molar-refractivity contribution in [1.29, 1.82) is 0 Å². The molecule has 2 aliphatic heterocycles. The van der Waals surface area contributed by atoms with Gasteiger partial charge < -0.3 is 19.9 Å². The molecule has 0 aromatic rings. The number of nitrogens with one attached hydrogen (secondary N) is 1. The molecule has 0 aliphatic carbocycles. The molecule has 0 saturated carbocycles. The Bertz CT molecular complexity index is 246. The summed E-state index contributed by atoms with van der Waals surface area (Å²) in [6.07, 6.45) is 4.12. The topological polar surface area (TPSA) is 50.7 Å². The van der Waals surface area contributed by atoms with Crippen molar-refractivity contribution in [3.8, 4) is 0 Å². The maximum absolute atomic E-state index is 9.42. The highest BCUT2D eigenvalue weighted by molar-refractivity contribution is 4.92. The van der Waals surface area contributed by atoms with Crippen molar-refractivity contribution in [2.75, 3.05) is 26.4 Å². The SMILES string of the molecule is CC(C)[C@@H](CO)NC1CCOC2(CCOCC2)C1. The van der Waals surface area contributed by atoms with Gasteiger partial charge >= 0.3 is 0 Å². The van der Waals surface area contributed by atoms with Gasteiger partial charge in [-0.2, -0.15) is 0 Å². The number of hydrogen-bond donors (Lipinski definition) is 2. The largest absolute Gasteiger partial charge is 0.395 e. The van der Waals surface area contributed by atoms with Crippen LogP contribution in [0.1, 0.15) is 39.5 Å². The zero-order valence-electron chi connectivity index (χ0n) is 11.7. The molecule has 0 aromatic heterocycles. The van der Waals surface area contributed by atoms with Crippen LogP contribution in [0.15, 0.2) is 0 Å². The zero-order valence-corrected chi connectivity index (χ0v) is 11.7. The lowest BCUT2D eigenvalue weighted by Crippen LogP contribution is -2.53. The van der Waals surface area contributed by atoms with Crippen LogP contribution in [0.4, 0.5) is 0 Å². The van der Waals surface area contributed by atoms with Gasteiger partial charge in [-0.3, -0.25) is 0 Å². The van der Waals surface area contributed by atoms with Crippen LogP contribution in [-0.2, 0) is 9.47 Å². The third-order valence-electron chi connectivity index (χ3n) is 4.35. The van der Waals surface area contributed by atoms with Gasteiger partial charge in [0, 0.05) is 31.9 Å². The Balaban J connectivity index is 1.89. The fourth-order valence-electron chi connectivity index (χ4n) is 3.02. The smallest absolute Gasteiger partial charge is 0.0741 e. The summed E-state index contributed by atoms with van der Waals surface area (Å²) in [6.45, 7) is 6.98. The van der Waals surface area contributed by atoms with Crippen molar-refractivity contribution in [1.82, 2.24) is 5.32 Å². The molecule has 106 valence electrons. The summed E-state index contributed by atoms with van der Waals surface area (Å²) in [5.74, 6) is 0.462. The molecule has 0 amide bonds. The monoisotopic (exact) mass is 257 g/mol. The second-order valence-corrected chi connectivity index (χ2v) is 6.03. The predicted octanol–water partition coefficient (Wildman–Crippen LogP) is 1.32. The third-order valence-corrected chi connectivity index (χ3v) is 4.35. The minimum Gasteiger partial charge on any atom is -0.395 e. The van der Waals surface area contributed by atoms with E-state index >= 15 is 0 Å². The van der Waals surface area contributed by atoms with Crippen LogP contribution in [-0.4, -0.2) is 49.2 Å². The molecular weight excluding hydrogens is 230 g/mol. The van der Waals surface area contributed by atoms with Gasteiger partial charge in [0.15, 0.2) is 0 Å². The van der Waals surface area contributed by atoms with Crippen molar-refractivity contribution >= 4 is 0 Å². The van der Waals surface area contributed by atoms with Crippen molar-refractivity contribution in [3.63, 3.8) is 0 Å². The Morgan fingerprint density at radius 3 is 2.61 bits per heavy atom. The Labute approximate surface area is 110 Å². The molecule has 2 atom stereocenters. The molecule has 0 bridgehead atoms. The van der Waals surface area contributed by atoms with E-state index in [2.05, 4.69) is 19.2 Å². The molecule has 0 radical (unpaired) electrons. The first-order valence-corrected chi connectivity index (χ1v) is 7.24. The molecule has 1 spiro atoms. The standard InChI is InChI=1S/C14H27NO3/c1-11(2)13(10-16)15-12-3-6-18-14(9-12)4-7-17-8-5-14/h11-13,15-16H,3-10H2,1-2H3/t12?,13-/m1/s1. The van der Waals surface area contributed by atoms with Crippen LogP contribution in [0.25, 0.3) is 0 Å². The van der Waals surface area contributed by atoms with Crippen molar-refractivity contribution in [2.24, 2.45) is 5.92 Å². The second-order valence-electron chi connectivity index (χ2n) is 6.03. The summed E-state index contributed by atoms with van der Waals surface area (Å²) in [5.41, 5.74) is 0.0329. The van der Waals surface area contributed by atoms with Gasteiger partial charge in [0.2, 0.25) is 0 Å². The van der Waals surface area contributed by atoms with Gasteiger partial charge in [-0.1, -0.05) is 13.8 Å². The number of aliphatic hydroxyl groups excluding tert-OH is 1. The van der Waals surface area contributed by atoms with Gasteiger partial charge in [0.1, 0.15) is 0 Å². The maximum Gasteiger partial charge on any atom is 0.0741 e. The number of rotatable bonds is 4. The van der Waals surface area contributed by atoms with Crippen LogP contribution < -0.4 is 5.32 Å². The van der Waals surface area contributed by atoms with Crippen molar-refractivity contribution < 1.29 is 14.6 Å². The van der Waals surface area contributed by atoms with Crippen molar-refractivity contribution in [3.05, 3.63) is 0 Å². The molecule has 2 N–H and O–H groups in total. The maximum atomic E-state index is 9.42. The average Bonchev–Trinajstić information content (AvgIpc) is 2.36. The summed E-state index contributed by atoms with van der Waals surface area (Å²) >= 11 is 0. The molecule has 4 nitrogen and oxygen atoms in total. The molecule has 1 unspecified atom stereocenters. The summed E-state index contributed by atoms with van der Waals surface area (Å²) in [4.78, 5) is 0. The van der Waals surface area contributed by atoms with E-state index in [4.69, 9.17) is 9.47 Å². The lowest BCUT2D eigenvalue weighted by atomic mass is 9.83. The first-order chi connectivity index (χ1) is 8.65. The molecule has 2 rings (SSSR count). The highest BCUT2D eigenvalue weighted by Gasteiger charge is 2.39. The van der Waals surface area contributed by atoms with Crippen LogP contribution in [0.5, 0.6) is 0 Å². The van der Waals surface area contributed by atoms with E-state index in [0.717, 1.165) is 45.5 Å².